The Morgan fingerprint density at radius 3 is 2.27 bits per heavy atom. The number of carbonyl (C=O) groups is 1. The summed E-state index contributed by atoms with van der Waals surface area (Å²) in [6.45, 7) is 0.368. The summed E-state index contributed by atoms with van der Waals surface area (Å²) < 4.78 is 21.3. The topological polar surface area (TPSA) is 47.4 Å². The molecule has 0 aliphatic heterocycles. The van der Waals surface area contributed by atoms with Crippen LogP contribution in [0.1, 0.15) is 28.8 Å². The Kier molecular flexibility index (Phi) is 5.65. The van der Waals surface area contributed by atoms with E-state index in [9.17, 15) is 9.18 Å². The van der Waals surface area contributed by atoms with Crippen LogP contribution in [0.2, 0.25) is 0 Å². The standard InChI is InChI=1S/C27H24FN3O2/c1-30-27(33-23-16-12-21(28)13-17-23)24(25(29-30)19-8-4-2-5-9-19)18-31(22-14-15-22)26(32)20-10-6-3-7-11-20/h2-13,16-17,22H,14-15,18H2,1H3. The Bertz CT molecular complexity index is 1250. The zero-order valence-corrected chi connectivity index (χ0v) is 18.3. The van der Waals surface area contributed by atoms with E-state index in [1.807, 2.05) is 72.6 Å². The van der Waals surface area contributed by atoms with Crippen LogP contribution in [0, 0.1) is 5.82 Å². The number of rotatable bonds is 7. The number of amides is 1. The van der Waals surface area contributed by atoms with Crippen molar-refractivity contribution in [2.24, 2.45) is 7.05 Å². The van der Waals surface area contributed by atoms with E-state index >= 15 is 0 Å². The van der Waals surface area contributed by atoms with Crippen molar-refractivity contribution in [3.05, 3.63) is 102 Å². The Labute approximate surface area is 192 Å². The van der Waals surface area contributed by atoms with Crippen molar-refractivity contribution in [3.8, 4) is 22.9 Å². The number of nitrogens with zero attached hydrogens (tertiary/aromatic N) is 3. The van der Waals surface area contributed by atoms with Gasteiger partial charge in [-0.25, -0.2) is 9.07 Å². The summed E-state index contributed by atoms with van der Waals surface area (Å²) >= 11 is 0. The zero-order valence-electron chi connectivity index (χ0n) is 18.3. The van der Waals surface area contributed by atoms with E-state index in [4.69, 9.17) is 9.84 Å². The summed E-state index contributed by atoms with van der Waals surface area (Å²) in [5, 5.41) is 4.74. The van der Waals surface area contributed by atoms with Gasteiger partial charge >= 0.3 is 0 Å². The van der Waals surface area contributed by atoms with Crippen molar-refractivity contribution >= 4 is 5.91 Å². The second-order valence-electron chi connectivity index (χ2n) is 8.21. The summed E-state index contributed by atoms with van der Waals surface area (Å²) in [4.78, 5) is 15.3. The lowest BCUT2D eigenvalue weighted by molar-refractivity contribution is 0.0729. The van der Waals surface area contributed by atoms with Crippen LogP contribution in [0.3, 0.4) is 0 Å². The van der Waals surface area contributed by atoms with Crippen molar-refractivity contribution in [3.63, 3.8) is 0 Å². The lowest BCUT2D eigenvalue weighted by Gasteiger charge is -2.23. The van der Waals surface area contributed by atoms with Crippen LogP contribution in [0.15, 0.2) is 84.9 Å². The number of aryl methyl sites for hydroxylation is 1. The summed E-state index contributed by atoms with van der Waals surface area (Å²) in [6, 6.07) is 25.3. The Hall–Kier alpha value is -3.93. The summed E-state index contributed by atoms with van der Waals surface area (Å²) in [5.74, 6) is 0.708. The molecule has 0 bridgehead atoms. The van der Waals surface area contributed by atoms with Crippen LogP contribution in [-0.2, 0) is 13.6 Å². The largest absolute Gasteiger partial charge is 0.439 e. The van der Waals surface area contributed by atoms with E-state index < -0.39 is 0 Å². The molecular weight excluding hydrogens is 417 g/mol. The van der Waals surface area contributed by atoms with E-state index in [0.29, 0.717) is 23.7 Å². The summed E-state index contributed by atoms with van der Waals surface area (Å²) in [5.41, 5.74) is 3.20. The zero-order chi connectivity index (χ0) is 22.8. The van der Waals surface area contributed by atoms with E-state index in [2.05, 4.69) is 0 Å². The molecule has 166 valence electrons. The van der Waals surface area contributed by atoms with E-state index in [-0.39, 0.29) is 17.8 Å². The van der Waals surface area contributed by atoms with Gasteiger partial charge in [0.15, 0.2) is 0 Å². The van der Waals surface area contributed by atoms with Gasteiger partial charge in [-0.2, -0.15) is 5.10 Å². The SMILES string of the molecule is Cn1nc(-c2ccccc2)c(CN(C(=O)c2ccccc2)C2CC2)c1Oc1ccc(F)cc1. The molecule has 0 unspecified atom stereocenters. The highest BCUT2D eigenvalue weighted by atomic mass is 19.1. The predicted octanol–water partition coefficient (Wildman–Crippen LogP) is 5.82. The van der Waals surface area contributed by atoms with Gasteiger partial charge in [-0.05, 0) is 49.2 Å². The molecule has 5 rings (SSSR count). The number of aromatic nitrogens is 2. The van der Waals surface area contributed by atoms with Crippen LogP contribution >= 0.6 is 0 Å². The molecule has 1 aliphatic rings. The number of ether oxygens (including phenoxy) is 1. The fraction of sp³-hybridized carbons (Fsp3) is 0.185. The molecule has 0 saturated heterocycles. The van der Waals surface area contributed by atoms with Gasteiger partial charge in [0.05, 0.1) is 12.1 Å². The molecule has 5 nitrogen and oxygen atoms in total. The lowest BCUT2D eigenvalue weighted by Crippen LogP contribution is -2.32. The third kappa shape index (κ3) is 4.51. The van der Waals surface area contributed by atoms with Crippen molar-refractivity contribution in [2.45, 2.75) is 25.4 Å². The second kappa shape index (κ2) is 8.90. The molecular formula is C27H24FN3O2. The molecule has 0 N–H and O–H groups in total. The quantitative estimate of drug-likeness (QED) is 0.363. The van der Waals surface area contributed by atoms with Crippen LogP contribution in [0.4, 0.5) is 4.39 Å². The Morgan fingerprint density at radius 2 is 1.64 bits per heavy atom. The molecule has 1 heterocycles. The normalized spacial score (nSPS) is 13.0. The van der Waals surface area contributed by atoms with Gasteiger partial charge in [0, 0.05) is 24.2 Å². The second-order valence-corrected chi connectivity index (χ2v) is 8.21. The highest BCUT2D eigenvalue weighted by molar-refractivity contribution is 5.94. The van der Waals surface area contributed by atoms with Gasteiger partial charge in [0.25, 0.3) is 5.91 Å². The van der Waals surface area contributed by atoms with Crippen molar-refractivity contribution in [1.82, 2.24) is 14.7 Å². The Morgan fingerprint density at radius 1 is 1.00 bits per heavy atom. The molecule has 1 amide bonds. The molecule has 1 fully saturated rings. The minimum Gasteiger partial charge on any atom is -0.439 e. The molecule has 1 saturated carbocycles. The van der Waals surface area contributed by atoms with Gasteiger partial charge < -0.3 is 9.64 Å². The average Bonchev–Trinajstić information content (AvgIpc) is 3.65. The summed E-state index contributed by atoms with van der Waals surface area (Å²) in [7, 11) is 1.81. The minimum absolute atomic E-state index is 0.00584. The first-order chi connectivity index (χ1) is 16.1. The van der Waals surface area contributed by atoms with Crippen LogP contribution in [0.5, 0.6) is 11.6 Å². The van der Waals surface area contributed by atoms with E-state index in [0.717, 1.165) is 29.7 Å². The first kappa shape index (κ1) is 20.9. The number of hydrogen-bond acceptors (Lipinski definition) is 3. The third-order valence-corrected chi connectivity index (χ3v) is 5.76. The molecule has 3 aromatic carbocycles. The minimum atomic E-state index is -0.328. The first-order valence-corrected chi connectivity index (χ1v) is 11.0. The van der Waals surface area contributed by atoms with Gasteiger partial charge in [-0.15, -0.1) is 0 Å². The maximum atomic E-state index is 13.4. The molecule has 0 atom stereocenters. The highest BCUT2D eigenvalue weighted by Gasteiger charge is 2.35. The lowest BCUT2D eigenvalue weighted by atomic mass is 10.1. The summed E-state index contributed by atoms with van der Waals surface area (Å²) in [6.07, 6.45) is 1.96. The maximum absolute atomic E-state index is 13.4. The van der Waals surface area contributed by atoms with Gasteiger partial charge in [0.1, 0.15) is 17.3 Å². The number of benzene rings is 3. The molecule has 6 heteroatoms. The fourth-order valence-corrected chi connectivity index (χ4v) is 3.93. The molecule has 1 aliphatic carbocycles. The van der Waals surface area contributed by atoms with Gasteiger partial charge in [0.2, 0.25) is 5.88 Å². The van der Waals surface area contributed by atoms with Gasteiger partial charge in [-0.3, -0.25) is 4.79 Å². The predicted molar refractivity (Wildman–Crippen MR) is 124 cm³/mol. The van der Waals surface area contributed by atoms with Crippen molar-refractivity contribution < 1.29 is 13.9 Å². The van der Waals surface area contributed by atoms with Crippen LogP contribution in [0.25, 0.3) is 11.3 Å². The molecule has 1 aromatic heterocycles. The number of carbonyl (C=O) groups excluding carboxylic acids is 1. The van der Waals surface area contributed by atoms with E-state index in [1.165, 1.54) is 12.1 Å². The molecule has 33 heavy (non-hydrogen) atoms. The van der Waals surface area contributed by atoms with Gasteiger partial charge in [-0.1, -0.05) is 48.5 Å². The fourth-order valence-electron chi connectivity index (χ4n) is 3.93. The highest BCUT2D eigenvalue weighted by Crippen LogP contribution is 2.37. The monoisotopic (exact) mass is 441 g/mol. The molecule has 0 radical (unpaired) electrons. The van der Waals surface area contributed by atoms with E-state index in [1.54, 1.807) is 16.8 Å². The van der Waals surface area contributed by atoms with Crippen molar-refractivity contribution in [2.75, 3.05) is 0 Å². The first-order valence-electron chi connectivity index (χ1n) is 11.0. The Balaban J connectivity index is 1.56. The smallest absolute Gasteiger partial charge is 0.254 e. The van der Waals surface area contributed by atoms with Crippen LogP contribution in [-0.4, -0.2) is 26.6 Å². The molecule has 4 aromatic rings. The van der Waals surface area contributed by atoms with Crippen molar-refractivity contribution in [1.29, 1.82) is 0 Å². The number of halogens is 1. The number of hydrogen-bond donors (Lipinski definition) is 0. The average molecular weight is 442 g/mol. The maximum Gasteiger partial charge on any atom is 0.254 e. The third-order valence-electron chi connectivity index (χ3n) is 5.76. The molecule has 0 spiro atoms. The van der Waals surface area contributed by atoms with Crippen LogP contribution < -0.4 is 4.74 Å².